The van der Waals surface area contributed by atoms with Crippen LogP contribution in [-0.2, 0) is 0 Å². The maximum Gasteiger partial charge on any atom is 0.573 e. The van der Waals surface area contributed by atoms with Crippen LogP contribution in [0.25, 0.3) is 0 Å². The number of benzene rings is 1. The Morgan fingerprint density at radius 2 is 2.05 bits per heavy atom. The molecule has 1 aromatic heterocycles. The third kappa shape index (κ3) is 3.97. The molecule has 0 aliphatic carbocycles. The molecule has 0 spiro atoms. The molecule has 0 unspecified atom stereocenters. The number of ether oxygens (including phenoxy) is 1. The Morgan fingerprint density at radius 3 is 2.60 bits per heavy atom. The Morgan fingerprint density at radius 1 is 1.30 bits per heavy atom. The lowest BCUT2D eigenvalue weighted by Crippen LogP contribution is -2.17. The summed E-state index contributed by atoms with van der Waals surface area (Å²) in [4.78, 5) is 12.3. The van der Waals surface area contributed by atoms with E-state index in [2.05, 4.69) is 26.0 Å². The first-order chi connectivity index (χ1) is 9.35. The highest BCUT2D eigenvalue weighted by Gasteiger charge is 2.31. The van der Waals surface area contributed by atoms with Crippen molar-refractivity contribution in [3.8, 4) is 5.75 Å². The molecule has 0 aliphatic rings. The van der Waals surface area contributed by atoms with Crippen molar-refractivity contribution in [1.29, 1.82) is 0 Å². The number of alkyl halides is 3. The predicted octanol–water partition coefficient (Wildman–Crippen LogP) is 4.66. The molecule has 0 bridgehead atoms. The third-order valence-corrected chi connectivity index (χ3v) is 3.69. The number of thiophene rings is 1. The first-order valence-electron chi connectivity index (χ1n) is 5.25. The van der Waals surface area contributed by atoms with Crippen LogP contribution in [0.4, 0.5) is 18.9 Å². The molecule has 8 heteroatoms. The molecule has 2 rings (SSSR count). The molecule has 0 radical (unpaired) electrons. The largest absolute Gasteiger partial charge is 0.573 e. The van der Waals surface area contributed by atoms with E-state index in [4.69, 9.17) is 0 Å². The van der Waals surface area contributed by atoms with Gasteiger partial charge in [-0.1, -0.05) is 6.07 Å². The number of carbonyl (C=O) groups excluding carboxylic acids is 1. The number of hydrogen-bond acceptors (Lipinski definition) is 3. The van der Waals surface area contributed by atoms with E-state index in [1.807, 2.05) is 0 Å². The summed E-state index contributed by atoms with van der Waals surface area (Å²) in [6.07, 6.45) is -4.75. The molecular formula is C12H7BrF3NO2S. The molecule has 106 valence electrons. The van der Waals surface area contributed by atoms with Crippen molar-refractivity contribution < 1.29 is 22.7 Å². The number of rotatable bonds is 3. The zero-order chi connectivity index (χ0) is 14.8. The second kappa shape index (κ2) is 5.84. The number of amides is 1. The number of halogens is 4. The normalized spacial score (nSPS) is 11.2. The molecule has 0 aliphatic heterocycles. The smallest absolute Gasteiger partial charge is 0.406 e. The highest BCUT2D eigenvalue weighted by atomic mass is 79.9. The zero-order valence-corrected chi connectivity index (χ0v) is 12.1. The fraction of sp³-hybridized carbons (Fsp3) is 0.0833. The summed E-state index contributed by atoms with van der Waals surface area (Å²) in [5, 5.41) is 4.34. The third-order valence-electron chi connectivity index (χ3n) is 2.17. The van der Waals surface area contributed by atoms with Gasteiger partial charge in [0.1, 0.15) is 5.75 Å². The summed E-state index contributed by atoms with van der Waals surface area (Å²) in [5.74, 6) is -0.691. The highest BCUT2D eigenvalue weighted by Crippen LogP contribution is 2.30. The van der Waals surface area contributed by atoms with Crippen LogP contribution in [0.1, 0.15) is 9.67 Å². The molecule has 1 N–H and O–H groups in total. The van der Waals surface area contributed by atoms with Gasteiger partial charge in [-0.05, 0) is 45.6 Å². The van der Waals surface area contributed by atoms with Gasteiger partial charge in [-0.25, -0.2) is 0 Å². The van der Waals surface area contributed by atoms with Crippen molar-refractivity contribution in [1.82, 2.24) is 0 Å². The zero-order valence-electron chi connectivity index (χ0n) is 9.70. The van der Waals surface area contributed by atoms with E-state index < -0.39 is 6.36 Å². The monoisotopic (exact) mass is 365 g/mol. The molecule has 3 nitrogen and oxygen atoms in total. The first-order valence-corrected chi connectivity index (χ1v) is 6.92. The number of carbonyl (C=O) groups is 1. The lowest BCUT2D eigenvalue weighted by molar-refractivity contribution is -0.274. The van der Waals surface area contributed by atoms with Gasteiger partial charge in [0.05, 0.1) is 10.6 Å². The lowest BCUT2D eigenvalue weighted by atomic mass is 10.3. The van der Waals surface area contributed by atoms with E-state index in [0.29, 0.717) is 15.0 Å². The SMILES string of the molecule is O=C(Nc1ccc(OC(F)(F)F)cc1Br)c1cccs1. The topological polar surface area (TPSA) is 38.3 Å². The molecule has 0 fully saturated rings. The minimum absolute atomic E-state index is 0.296. The molecule has 0 saturated carbocycles. The Hall–Kier alpha value is -1.54. The van der Waals surface area contributed by atoms with Crippen LogP contribution >= 0.6 is 27.3 Å². The molecule has 1 amide bonds. The van der Waals surface area contributed by atoms with Gasteiger partial charge in [0.15, 0.2) is 0 Å². The van der Waals surface area contributed by atoms with Gasteiger partial charge in [-0.2, -0.15) is 0 Å². The quantitative estimate of drug-likeness (QED) is 0.858. The Kier molecular flexibility index (Phi) is 4.34. The molecule has 1 heterocycles. The number of nitrogens with one attached hydrogen (secondary N) is 1. The van der Waals surface area contributed by atoms with Gasteiger partial charge in [-0.3, -0.25) is 4.79 Å². The highest BCUT2D eigenvalue weighted by molar-refractivity contribution is 9.10. The van der Waals surface area contributed by atoms with Crippen LogP contribution in [0.2, 0.25) is 0 Å². The van der Waals surface area contributed by atoms with Gasteiger partial charge >= 0.3 is 6.36 Å². The van der Waals surface area contributed by atoms with Crippen molar-refractivity contribution in [2.24, 2.45) is 0 Å². The van der Waals surface area contributed by atoms with Crippen molar-refractivity contribution in [3.63, 3.8) is 0 Å². The fourth-order valence-corrected chi connectivity index (χ4v) is 2.46. The fourth-order valence-electron chi connectivity index (χ4n) is 1.39. The van der Waals surface area contributed by atoms with Crippen LogP contribution in [0, 0.1) is 0 Å². The van der Waals surface area contributed by atoms with Crippen LogP contribution in [0.3, 0.4) is 0 Å². The van der Waals surface area contributed by atoms with Crippen LogP contribution in [0.15, 0.2) is 40.2 Å². The van der Waals surface area contributed by atoms with Crippen molar-refractivity contribution in [2.45, 2.75) is 6.36 Å². The maximum atomic E-state index is 12.1. The van der Waals surface area contributed by atoms with E-state index >= 15 is 0 Å². The Labute approximate surface area is 124 Å². The van der Waals surface area contributed by atoms with E-state index in [9.17, 15) is 18.0 Å². The molecule has 1 aromatic carbocycles. The lowest BCUT2D eigenvalue weighted by Gasteiger charge is -2.11. The Balaban J connectivity index is 2.12. The van der Waals surface area contributed by atoms with Gasteiger partial charge in [0, 0.05) is 4.47 Å². The van der Waals surface area contributed by atoms with E-state index in [1.54, 1.807) is 17.5 Å². The summed E-state index contributed by atoms with van der Waals surface area (Å²) in [6.45, 7) is 0. The first kappa shape index (κ1) is 14.9. The summed E-state index contributed by atoms with van der Waals surface area (Å²) < 4.78 is 40.3. The van der Waals surface area contributed by atoms with Crippen LogP contribution < -0.4 is 10.1 Å². The number of hydrogen-bond donors (Lipinski definition) is 1. The van der Waals surface area contributed by atoms with Crippen molar-refractivity contribution >= 4 is 38.9 Å². The summed E-state index contributed by atoms with van der Waals surface area (Å²) in [5.41, 5.74) is 0.359. The molecular weight excluding hydrogens is 359 g/mol. The molecule has 20 heavy (non-hydrogen) atoms. The predicted molar refractivity (Wildman–Crippen MR) is 73.1 cm³/mol. The van der Waals surface area contributed by atoms with Crippen molar-refractivity contribution in [2.75, 3.05) is 5.32 Å². The van der Waals surface area contributed by atoms with Crippen LogP contribution in [0.5, 0.6) is 5.75 Å². The van der Waals surface area contributed by atoms with Crippen LogP contribution in [-0.4, -0.2) is 12.3 Å². The molecule has 0 atom stereocenters. The minimum Gasteiger partial charge on any atom is -0.406 e. The maximum absolute atomic E-state index is 12.1. The second-order valence-corrected chi connectivity index (χ2v) is 5.42. The van der Waals surface area contributed by atoms with Gasteiger partial charge in [0.25, 0.3) is 5.91 Å². The number of anilines is 1. The molecule has 0 saturated heterocycles. The Bertz CT molecular complexity index is 614. The standard InChI is InChI=1S/C12H7BrF3NO2S/c13-8-6-7(19-12(14,15)16)3-4-9(8)17-11(18)10-2-1-5-20-10/h1-6H,(H,17,18). The average molecular weight is 366 g/mol. The van der Waals surface area contributed by atoms with Crippen molar-refractivity contribution in [3.05, 3.63) is 45.1 Å². The minimum atomic E-state index is -4.75. The van der Waals surface area contributed by atoms with E-state index in [1.165, 1.54) is 17.4 Å². The second-order valence-electron chi connectivity index (χ2n) is 3.62. The van der Waals surface area contributed by atoms with Gasteiger partial charge < -0.3 is 10.1 Å². The summed E-state index contributed by atoms with van der Waals surface area (Å²) in [7, 11) is 0. The summed E-state index contributed by atoms with van der Waals surface area (Å²) in [6, 6.07) is 6.97. The van der Waals surface area contributed by atoms with E-state index in [-0.39, 0.29) is 11.7 Å². The van der Waals surface area contributed by atoms with Gasteiger partial charge in [-0.15, -0.1) is 24.5 Å². The average Bonchev–Trinajstić information content (AvgIpc) is 2.84. The molecule has 2 aromatic rings. The summed E-state index contributed by atoms with van der Waals surface area (Å²) >= 11 is 4.35. The van der Waals surface area contributed by atoms with Gasteiger partial charge in [0.2, 0.25) is 0 Å². The van der Waals surface area contributed by atoms with E-state index in [0.717, 1.165) is 12.1 Å².